The summed E-state index contributed by atoms with van der Waals surface area (Å²) in [5, 5.41) is 0. The zero-order chi connectivity index (χ0) is 18.5. The predicted molar refractivity (Wildman–Crippen MR) is 98.6 cm³/mol. The molecule has 2 amide bonds. The molecule has 1 fully saturated rings. The molecule has 6 heteroatoms. The number of rotatable bonds is 7. The van der Waals surface area contributed by atoms with E-state index in [1.807, 2.05) is 31.2 Å². The Balaban J connectivity index is 1.97. The number of piperidine rings is 1. The van der Waals surface area contributed by atoms with Crippen molar-refractivity contribution in [3.05, 3.63) is 35.5 Å². The van der Waals surface area contributed by atoms with Gasteiger partial charge in [0.2, 0.25) is 0 Å². The van der Waals surface area contributed by atoms with Crippen LogP contribution in [0.3, 0.4) is 0 Å². The van der Waals surface area contributed by atoms with Crippen molar-refractivity contribution in [2.75, 3.05) is 40.0 Å². The lowest BCUT2D eigenvalue weighted by molar-refractivity contribution is -0.138. The molecule has 0 aliphatic carbocycles. The molecule has 26 heavy (non-hydrogen) atoms. The van der Waals surface area contributed by atoms with E-state index in [2.05, 4.69) is 4.90 Å². The van der Waals surface area contributed by atoms with Crippen molar-refractivity contribution in [1.82, 2.24) is 9.80 Å². The minimum absolute atomic E-state index is 0.210. The Labute approximate surface area is 154 Å². The third-order valence-electron chi connectivity index (χ3n) is 4.79. The molecule has 1 aromatic rings. The summed E-state index contributed by atoms with van der Waals surface area (Å²) in [6, 6.07) is 7.40. The van der Waals surface area contributed by atoms with Crippen LogP contribution in [0, 0.1) is 0 Å². The summed E-state index contributed by atoms with van der Waals surface area (Å²) in [6.45, 7) is 4.74. The standard InChI is InChI=1S/C20H26N2O4/c1-3-26-16-9-7-15(8-10-16)17-18(21-11-5-4-6-12-21)20(24)22(19(17)23)13-14-25-2/h7-10H,3-6,11-14H2,1-2H3. The molecule has 0 saturated carbocycles. The lowest BCUT2D eigenvalue weighted by Crippen LogP contribution is -2.38. The molecule has 0 aromatic heterocycles. The van der Waals surface area contributed by atoms with Gasteiger partial charge in [-0.3, -0.25) is 14.5 Å². The van der Waals surface area contributed by atoms with E-state index < -0.39 is 0 Å². The van der Waals surface area contributed by atoms with Crippen LogP contribution in [0.1, 0.15) is 31.7 Å². The molecule has 0 bridgehead atoms. The number of ether oxygens (including phenoxy) is 2. The molecule has 0 spiro atoms. The van der Waals surface area contributed by atoms with E-state index in [9.17, 15) is 9.59 Å². The maximum Gasteiger partial charge on any atom is 0.277 e. The summed E-state index contributed by atoms with van der Waals surface area (Å²) < 4.78 is 10.6. The normalized spacial score (nSPS) is 18.1. The van der Waals surface area contributed by atoms with Gasteiger partial charge < -0.3 is 14.4 Å². The first-order valence-electron chi connectivity index (χ1n) is 9.25. The van der Waals surface area contributed by atoms with Crippen LogP contribution in [0.25, 0.3) is 5.57 Å². The highest BCUT2D eigenvalue weighted by Gasteiger charge is 2.41. The van der Waals surface area contributed by atoms with Gasteiger partial charge in [0.1, 0.15) is 11.4 Å². The summed E-state index contributed by atoms with van der Waals surface area (Å²) in [5.41, 5.74) is 1.79. The fourth-order valence-corrected chi connectivity index (χ4v) is 3.50. The molecular formula is C20H26N2O4. The average molecular weight is 358 g/mol. The zero-order valence-corrected chi connectivity index (χ0v) is 15.5. The van der Waals surface area contributed by atoms with Gasteiger partial charge in [0.25, 0.3) is 11.8 Å². The van der Waals surface area contributed by atoms with Gasteiger partial charge in [-0.1, -0.05) is 12.1 Å². The number of benzene rings is 1. The lowest BCUT2D eigenvalue weighted by Gasteiger charge is -2.29. The predicted octanol–water partition coefficient (Wildman–Crippen LogP) is 2.30. The molecule has 1 saturated heterocycles. The molecule has 2 aliphatic heterocycles. The highest BCUT2D eigenvalue weighted by molar-refractivity contribution is 6.35. The quantitative estimate of drug-likeness (QED) is 0.700. The van der Waals surface area contributed by atoms with Crippen LogP contribution < -0.4 is 4.74 Å². The number of hydrogen-bond donors (Lipinski definition) is 0. The second-order valence-corrected chi connectivity index (χ2v) is 6.48. The first-order chi connectivity index (χ1) is 12.7. The van der Waals surface area contributed by atoms with Crippen LogP contribution in [-0.4, -0.2) is 61.6 Å². The number of nitrogens with zero attached hydrogens (tertiary/aromatic N) is 2. The average Bonchev–Trinajstić information content (AvgIpc) is 2.92. The second kappa shape index (κ2) is 8.36. The third kappa shape index (κ3) is 3.60. The van der Waals surface area contributed by atoms with E-state index in [1.165, 1.54) is 4.90 Å². The van der Waals surface area contributed by atoms with Crippen LogP contribution >= 0.6 is 0 Å². The fourth-order valence-electron chi connectivity index (χ4n) is 3.50. The lowest BCUT2D eigenvalue weighted by atomic mass is 10.0. The molecule has 1 aromatic carbocycles. The smallest absolute Gasteiger partial charge is 0.277 e. The summed E-state index contributed by atoms with van der Waals surface area (Å²) in [7, 11) is 1.57. The fraction of sp³-hybridized carbons (Fsp3) is 0.500. The van der Waals surface area contributed by atoms with Crippen molar-refractivity contribution in [2.45, 2.75) is 26.2 Å². The van der Waals surface area contributed by atoms with E-state index >= 15 is 0 Å². The maximum absolute atomic E-state index is 13.0. The van der Waals surface area contributed by atoms with Crippen LogP contribution in [0.15, 0.2) is 30.0 Å². The Kier molecular flexibility index (Phi) is 5.93. The molecule has 2 aliphatic rings. The summed E-state index contributed by atoms with van der Waals surface area (Å²) in [4.78, 5) is 29.4. The van der Waals surface area contributed by atoms with Crippen LogP contribution in [-0.2, 0) is 14.3 Å². The Morgan fingerprint density at radius 2 is 1.69 bits per heavy atom. The largest absolute Gasteiger partial charge is 0.494 e. The SMILES string of the molecule is CCOc1ccc(C2=C(N3CCCCC3)C(=O)N(CCOC)C2=O)cc1. The van der Waals surface area contributed by atoms with Crippen molar-refractivity contribution < 1.29 is 19.1 Å². The van der Waals surface area contributed by atoms with Gasteiger partial charge >= 0.3 is 0 Å². The maximum atomic E-state index is 13.0. The highest BCUT2D eigenvalue weighted by atomic mass is 16.5. The molecule has 0 unspecified atom stereocenters. The minimum atomic E-state index is -0.239. The molecule has 140 valence electrons. The van der Waals surface area contributed by atoms with Crippen molar-refractivity contribution in [3.63, 3.8) is 0 Å². The monoisotopic (exact) mass is 358 g/mol. The number of carbonyl (C=O) groups is 2. The Morgan fingerprint density at radius 1 is 1.00 bits per heavy atom. The van der Waals surface area contributed by atoms with Gasteiger partial charge in [0.15, 0.2) is 0 Å². The van der Waals surface area contributed by atoms with Crippen molar-refractivity contribution >= 4 is 17.4 Å². The van der Waals surface area contributed by atoms with Crippen LogP contribution in [0.5, 0.6) is 5.75 Å². The Hall–Kier alpha value is -2.34. The molecule has 2 heterocycles. The van der Waals surface area contributed by atoms with Crippen molar-refractivity contribution in [1.29, 1.82) is 0 Å². The Bertz CT molecular complexity index is 690. The van der Waals surface area contributed by atoms with E-state index in [4.69, 9.17) is 9.47 Å². The van der Waals surface area contributed by atoms with Crippen LogP contribution in [0.4, 0.5) is 0 Å². The van der Waals surface area contributed by atoms with E-state index in [1.54, 1.807) is 7.11 Å². The van der Waals surface area contributed by atoms with E-state index in [-0.39, 0.29) is 18.4 Å². The number of carbonyl (C=O) groups excluding carboxylic acids is 2. The molecule has 6 nitrogen and oxygen atoms in total. The first kappa shape index (κ1) is 18.5. The molecule has 0 N–H and O–H groups in total. The van der Waals surface area contributed by atoms with Gasteiger partial charge in [0.05, 0.1) is 25.3 Å². The molecule has 0 radical (unpaired) electrons. The van der Waals surface area contributed by atoms with Crippen molar-refractivity contribution in [2.24, 2.45) is 0 Å². The highest BCUT2D eigenvalue weighted by Crippen LogP contribution is 2.33. The summed E-state index contributed by atoms with van der Waals surface area (Å²) in [6.07, 6.45) is 3.25. The zero-order valence-electron chi connectivity index (χ0n) is 15.5. The number of methoxy groups -OCH3 is 1. The van der Waals surface area contributed by atoms with Gasteiger partial charge in [0, 0.05) is 20.2 Å². The van der Waals surface area contributed by atoms with Crippen molar-refractivity contribution in [3.8, 4) is 5.75 Å². The van der Waals surface area contributed by atoms with Gasteiger partial charge in [-0.15, -0.1) is 0 Å². The van der Waals surface area contributed by atoms with E-state index in [0.29, 0.717) is 24.5 Å². The molecule has 0 atom stereocenters. The van der Waals surface area contributed by atoms with Crippen LogP contribution in [0.2, 0.25) is 0 Å². The first-order valence-corrected chi connectivity index (χ1v) is 9.25. The van der Waals surface area contributed by atoms with Gasteiger partial charge in [-0.2, -0.15) is 0 Å². The summed E-state index contributed by atoms with van der Waals surface area (Å²) >= 11 is 0. The van der Waals surface area contributed by atoms with Gasteiger partial charge in [-0.05, 0) is 43.9 Å². The van der Waals surface area contributed by atoms with Gasteiger partial charge in [-0.25, -0.2) is 0 Å². The van der Waals surface area contributed by atoms with E-state index in [0.717, 1.165) is 43.7 Å². The third-order valence-corrected chi connectivity index (χ3v) is 4.79. The topological polar surface area (TPSA) is 59.1 Å². The molecular weight excluding hydrogens is 332 g/mol. The number of hydrogen-bond acceptors (Lipinski definition) is 5. The second-order valence-electron chi connectivity index (χ2n) is 6.48. The number of imide groups is 1. The number of amides is 2. The molecule has 3 rings (SSSR count). The Morgan fingerprint density at radius 3 is 2.31 bits per heavy atom. The minimum Gasteiger partial charge on any atom is -0.494 e. The number of likely N-dealkylation sites (tertiary alicyclic amines) is 1. The summed E-state index contributed by atoms with van der Waals surface area (Å²) in [5.74, 6) is 0.305.